The highest BCUT2D eigenvalue weighted by molar-refractivity contribution is 5.95. The Morgan fingerprint density at radius 2 is 1.65 bits per heavy atom. The highest BCUT2D eigenvalue weighted by Gasteiger charge is 2.07. The van der Waals surface area contributed by atoms with E-state index in [-0.39, 0.29) is 11.8 Å². The first-order chi connectivity index (χ1) is 11.2. The summed E-state index contributed by atoms with van der Waals surface area (Å²) in [5.41, 5.74) is 6.28. The topological polar surface area (TPSA) is 67.4 Å². The van der Waals surface area contributed by atoms with E-state index in [4.69, 9.17) is 4.74 Å². The summed E-state index contributed by atoms with van der Waals surface area (Å²) in [6.45, 7) is 2.37. The molecule has 120 valence electrons. The lowest BCUT2D eigenvalue weighted by atomic mass is 10.2. The summed E-state index contributed by atoms with van der Waals surface area (Å²) in [5, 5.41) is 0. The van der Waals surface area contributed by atoms with Crippen LogP contribution in [0.5, 0.6) is 5.75 Å². The van der Waals surface area contributed by atoms with E-state index < -0.39 is 0 Å². The number of hydrogen-bond donors (Lipinski definition) is 2. The number of hydrogen-bond acceptors (Lipinski definition) is 3. The Balaban J connectivity index is 1.84. The number of amides is 2. The molecule has 0 aliphatic heterocycles. The van der Waals surface area contributed by atoms with Gasteiger partial charge < -0.3 is 4.74 Å². The minimum absolute atomic E-state index is 0.205. The lowest BCUT2D eigenvalue weighted by Crippen LogP contribution is -2.41. The van der Waals surface area contributed by atoms with E-state index in [1.807, 2.05) is 37.3 Å². The van der Waals surface area contributed by atoms with Crippen LogP contribution in [0.25, 0.3) is 0 Å². The Bertz CT molecular complexity index is 639. The number of hydrazine groups is 1. The maximum absolute atomic E-state index is 11.9. The first-order valence-electron chi connectivity index (χ1n) is 7.55. The molecule has 0 bridgehead atoms. The van der Waals surface area contributed by atoms with Crippen molar-refractivity contribution < 1.29 is 14.3 Å². The van der Waals surface area contributed by atoms with E-state index in [9.17, 15) is 9.59 Å². The van der Waals surface area contributed by atoms with Crippen LogP contribution in [0.1, 0.15) is 35.7 Å². The predicted molar refractivity (Wildman–Crippen MR) is 87.7 cm³/mol. The second-order valence-corrected chi connectivity index (χ2v) is 5.05. The van der Waals surface area contributed by atoms with E-state index in [1.54, 1.807) is 24.3 Å². The van der Waals surface area contributed by atoms with Crippen molar-refractivity contribution in [3.8, 4) is 5.75 Å². The van der Waals surface area contributed by atoms with Crippen LogP contribution in [0.3, 0.4) is 0 Å². The molecule has 2 N–H and O–H groups in total. The van der Waals surface area contributed by atoms with E-state index in [1.165, 1.54) is 0 Å². The molecule has 23 heavy (non-hydrogen) atoms. The first-order valence-corrected chi connectivity index (χ1v) is 7.55. The van der Waals surface area contributed by atoms with Crippen molar-refractivity contribution in [2.24, 2.45) is 0 Å². The summed E-state index contributed by atoms with van der Waals surface area (Å²) in [6.07, 6.45) is 1.11. The molecule has 0 spiro atoms. The second kappa shape index (κ2) is 8.58. The predicted octanol–water partition coefficient (Wildman–Crippen LogP) is 2.83. The fourth-order valence-electron chi connectivity index (χ4n) is 1.93. The van der Waals surface area contributed by atoms with Gasteiger partial charge in [0.2, 0.25) is 5.91 Å². The summed E-state index contributed by atoms with van der Waals surface area (Å²) in [7, 11) is 0. The first kappa shape index (κ1) is 16.5. The minimum atomic E-state index is -0.357. The quantitative estimate of drug-likeness (QED) is 0.806. The molecule has 0 aliphatic rings. The number of carbonyl (C=O) groups excluding carboxylic acids is 2. The lowest BCUT2D eigenvalue weighted by molar-refractivity contribution is -0.121. The van der Waals surface area contributed by atoms with Crippen molar-refractivity contribution in [3.05, 3.63) is 65.7 Å². The van der Waals surface area contributed by atoms with Crippen LogP contribution in [0.15, 0.2) is 54.6 Å². The number of carbonyl (C=O) groups is 2. The molecular formula is C18H20N2O3. The maximum atomic E-state index is 11.9. The summed E-state index contributed by atoms with van der Waals surface area (Å²) in [5.74, 6) is 0.119. The van der Waals surface area contributed by atoms with Crippen LogP contribution >= 0.6 is 0 Å². The van der Waals surface area contributed by atoms with E-state index in [0.717, 1.165) is 12.0 Å². The molecule has 0 saturated carbocycles. The van der Waals surface area contributed by atoms with Crippen LogP contribution in [-0.4, -0.2) is 11.8 Å². The second-order valence-electron chi connectivity index (χ2n) is 5.05. The van der Waals surface area contributed by atoms with E-state index in [2.05, 4.69) is 10.9 Å². The molecule has 0 atom stereocenters. The van der Waals surface area contributed by atoms with Crippen molar-refractivity contribution in [1.82, 2.24) is 10.9 Å². The molecule has 0 aliphatic carbocycles. The number of ether oxygens (including phenoxy) is 1. The van der Waals surface area contributed by atoms with Gasteiger partial charge in [-0.2, -0.15) is 0 Å². The lowest BCUT2D eigenvalue weighted by Gasteiger charge is -2.09. The highest BCUT2D eigenvalue weighted by Crippen LogP contribution is 2.14. The van der Waals surface area contributed by atoms with Crippen molar-refractivity contribution in [2.75, 3.05) is 0 Å². The summed E-state index contributed by atoms with van der Waals surface area (Å²) in [6, 6.07) is 16.6. The van der Waals surface area contributed by atoms with Gasteiger partial charge in [0.25, 0.3) is 5.91 Å². The van der Waals surface area contributed by atoms with Gasteiger partial charge in [0.05, 0.1) is 0 Å². The summed E-state index contributed by atoms with van der Waals surface area (Å²) < 4.78 is 5.66. The molecule has 0 fully saturated rings. The van der Waals surface area contributed by atoms with Crippen molar-refractivity contribution >= 4 is 11.8 Å². The largest absolute Gasteiger partial charge is 0.489 e. The van der Waals surface area contributed by atoms with Crippen LogP contribution in [0.4, 0.5) is 0 Å². The molecule has 2 rings (SSSR count). The molecule has 2 aromatic carbocycles. The van der Waals surface area contributed by atoms with E-state index >= 15 is 0 Å². The van der Waals surface area contributed by atoms with Crippen LogP contribution in [0.2, 0.25) is 0 Å². The molecule has 2 amide bonds. The Morgan fingerprint density at radius 3 is 2.30 bits per heavy atom. The minimum Gasteiger partial charge on any atom is -0.489 e. The number of benzene rings is 2. The fourth-order valence-corrected chi connectivity index (χ4v) is 1.93. The molecular weight excluding hydrogens is 292 g/mol. The molecule has 0 radical (unpaired) electrons. The van der Waals surface area contributed by atoms with Gasteiger partial charge in [-0.1, -0.05) is 37.3 Å². The Morgan fingerprint density at radius 1 is 0.957 bits per heavy atom. The van der Waals surface area contributed by atoms with Crippen molar-refractivity contribution in [3.63, 3.8) is 0 Å². The third-order valence-electron chi connectivity index (χ3n) is 3.16. The SMILES string of the molecule is CCCC(=O)NNC(=O)c1ccc(OCc2ccccc2)cc1. The van der Waals surface area contributed by atoms with Gasteiger partial charge in [0, 0.05) is 12.0 Å². The third-order valence-corrected chi connectivity index (χ3v) is 3.16. The van der Waals surface area contributed by atoms with Crippen molar-refractivity contribution in [1.29, 1.82) is 0 Å². The van der Waals surface area contributed by atoms with Gasteiger partial charge in [0.1, 0.15) is 12.4 Å². The standard InChI is InChI=1S/C18H20N2O3/c1-2-6-17(21)19-20-18(22)15-9-11-16(12-10-15)23-13-14-7-4-3-5-8-14/h3-5,7-12H,2,6,13H2,1H3,(H,19,21)(H,20,22). The van der Waals surface area contributed by atoms with Gasteiger partial charge in [-0.25, -0.2) is 0 Å². The van der Waals surface area contributed by atoms with Gasteiger partial charge in [0.15, 0.2) is 0 Å². The van der Waals surface area contributed by atoms with Gasteiger partial charge in [-0.3, -0.25) is 20.4 Å². The Labute approximate surface area is 135 Å². The summed E-state index contributed by atoms with van der Waals surface area (Å²) in [4.78, 5) is 23.2. The average molecular weight is 312 g/mol. The molecule has 0 unspecified atom stereocenters. The van der Waals surface area contributed by atoms with Crippen LogP contribution < -0.4 is 15.6 Å². The third kappa shape index (κ3) is 5.47. The van der Waals surface area contributed by atoms with E-state index in [0.29, 0.717) is 24.3 Å². The van der Waals surface area contributed by atoms with Crippen LogP contribution in [0, 0.1) is 0 Å². The zero-order chi connectivity index (χ0) is 16.5. The Hall–Kier alpha value is -2.82. The van der Waals surface area contributed by atoms with Crippen LogP contribution in [-0.2, 0) is 11.4 Å². The Kier molecular flexibility index (Phi) is 6.17. The summed E-state index contributed by atoms with van der Waals surface area (Å²) >= 11 is 0. The fraction of sp³-hybridized carbons (Fsp3) is 0.222. The van der Waals surface area contributed by atoms with Gasteiger partial charge in [-0.05, 0) is 36.2 Å². The molecule has 0 aromatic heterocycles. The van der Waals surface area contributed by atoms with Gasteiger partial charge >= 0.3 is 0 Å². The van der Waals surface area contributed by atoms with Gasteiger partial charge in [-0.15, -0.1) is 0 Å². The number of nitrogens with one attached hydrogen (secondary N) is 2. The molecule has 2 aromatic rings. The monoisotopic (exact) mass is 312 g/mol. The normalized spacial score (nSPS) is 9.96. The molecule has 5 nitrogen and oxygen atoms in total. The maximum Gasteiger partial charge on any atom is 0.269 e. The smallest absolute Gasteiger partial charge is 0.269 e. The molecule has 0 heterocycles. The number of rotatable bonds is 6. The zero-order valence-electron chi connectivity index (χ0n) is 13.0. The zero-order valence-corrected chi connectivity index (χ0v) is 13.0. The molecule has 0 saturated heterocycles. The highest BCUT2D eigenvalue weighted by atomic mass is 16.5. The van der Waals surface area contributed by atoms with Crippen molar-refractivity contribution in [2.45, 2.75) is 26.4 Å². The molecule has 5 heteroatoms. The average Bonchev–Trinajstić information content (AvgIpc) is 2.59.